The van der Waals surface area contributed by atoms with Crippen molar-refractivity contribution in [3.05, 3.63) is 47.4 Å². The lowest BCUT2D eigenvalue weighted by atomic mass is 10.00. The Balaban J connectivity index is 1.53. The summed E-state index contributed by atoms with van der Waals surface area (Å²) in [5.74, 6) is 0.729. The summed E-state index contributed by atoms with van der Waals surface area (Å²) in [6.07, 6.45) is -0.740. The highest BCUT2D eigenvalue weighted by molar-refractivity contribution is 5.83. The molecule has 0 saturated heterocycles. The normalized spacial score (nSPS) is 14.4. The molecule has 0 radical (unpaired) electrons. The summed E-state index contributed by atoms with van der Waals surface area (Å²) >= 11 is 0. The molecule has 0 aliphatic carbocycles. The van der Waals surface area contributed by atoms with Gasteiger partial charge in [0.15, 0.2) is 11.5 Å². The average Bonchev–Trinajstić information content (AvgIpc) is 3.33. The lowest BCUT2D eigenvalue weighted by Gasteiger charge is -2.28. The number of hydrogen-bond acceptors (Lipinski definition) is 6. The van der Waals surface area contributed by atoms with Gasteiger partial charge in [0, 0.05) is 42.0 Å². The number of fused-ring (bicyclic) bond motifs is 2. The minimum absolute atomic E-state index is 0.282. The van der Waals surface area contributed by atoms with Crippen molar-refractivity contribution in [2.45, 2.75) is 26.1 Å². The summed E-state index contributed by atoms with van der Waals surface area (Å²) < 4.78 is 38.8. The highest BCUT2D eigenvalue weighted by Gasteiger charge is 2.33. The first-order valence-electron chi connectivity index (χ1n) is 8.92. The molecule has 148 valence electrons. The molecule has 8 nitrogen and oxygen atoms in total. The molecular weight excluding hydrogens is 385 g/mol. The van der Waals surface area contributed by atoms with Gasteiger partial charge in [-0.15, -0.1) is 0 Å². The van der Waals surface area contributed by atoms with Crippen LogP contribution in [0.3, 0.4) is 0 Å². The average molecular weight is 400 g/mol. The molecule has 0 saturated carbocycles. The van der Waals surface area contributed by atoms with Gasteiger partial charge in [0.05, 0.1) is 12.0 Å². The zero-order valence-electron chi connectivity index (χ0n) is 15.2. The summed E-state index contributed by atoms with van der Waals surface area (Å²) in [7, 11) is 0. The molecular formula is C18H15F3N8. The quantitative estimate of drug-likeness (QED) is 0.537. The maximum absolute atomic E-state index is 12.9. The minimum Gasteiger partial charge on any atom is -0.350 e. The van der Waals surface area contributed by atoms with Crippen molar-refractivity contribution in [2.24, 2.45) is 0 Å². The fraction of sp³-hybridized carbons (Fsp3) is 0.278. The van der Waals surface area contributed by atoms with Gasteiger partial charge >= 0.3 is 6.18 Å². The molecule has 0 atom stereocenters. The van der Waals surface area contributed by atoms with Crippen LogP contribution in [0.25, 0.3) is 22.4 Å². The second-order valence-corrected chi connectivity index (χ2v) is 6.83. The Hall–Kier alpha value is -3.50. The van der Waals surface area contributed by atoms with Crippen LogP contribution in [0.5, 0.6) is 0 Å². The fourth-order valence-electron chi connectivity index (χ4n) is 3.66. The molecule has 0 unspecified atom stereocenters. The van der Waals surface area contributed by atoms with Gasteiger partial charge in [0.2, 0.25) is 0 Å². The Kier molecular flexibility index (Phi) is 3.80. The summed E-state index contributed by atoms with van der Waals surface area (Å²) in [6.45, 7) is 2.78. The van der Waals surface area contributed by atoms with Gasteiger partial charge < -0.3 is 9.88 Å². The number of anilines is 1. The van der Waals surface area contributed by atoms with E-state index in [9.17, 15) is 13.2 Å². The number of nitrogens with one attached hydrogen (secondary N) is 2. The zero-order valence-corrected chi connectivity index (χ0v) is 15.2. The highest BCUT2D eigenvalue weighted by Crippen LogP contribution is 2.34. The minimum atomic E-state index is -4.48. The topological polar surface area (TPSA) is 99.3 Å². The predicted molar refractivity (Wildman–Crippen MR) is 98.0 cm³/mol. The van der Waals surface area contributed by atoms with Gasteiger partial charge in [-0.25, -0.2) is 19.9 Å². The van der Waals surface area contributed by atoms with Crippen molar-refractivity contribution >= 4 is 17.0 Å². The lowest BCUT2D eigenvalue weighted by Crippen LogP contribution is -2.31. The second kappa shape index (κ2) is 6.26. The molecule has 5 rings (SSSR count). The number of H-pyrrole nitrogens is 2. The zero-order chi connectivity index (χ0) is 20.2. The van der Waals surface area contributed by atoms with E-state index in [1.54, 1.807) is 13.3 Å². The summed E-state index contributed by atoms with van der Waals surface area (Å²) in [5.41, 5.74) is 3.77. The van der Waals surface area contributed by atoms with Crippen molar-refractivity contribution < 1.29 is 13.2 Å². The van der Waals surface area contributed by atoms with Crippen LogP contribution in [0, 0.1) is 6.92 Å². The summed E-state index contributed by atoms with van der Waals surface area (Å²) in [4.78, 5) is 21.6. The number of aryl methyl sites for hydroxylation is 1. The van der Waals surface area contributed by atoms with E-state index in [0.717, 1.165) is 28.7 Å². The van der Waals surface area contributed by atoms with Crippen molar-refractivity contribution in [3.8, 4) is 11.3 Å². The lowest BCUT2D eigenvalue weighted by molar-refractivity contribution is -0.141. The number of pyridine rings is 1. The molecule has 0 bridgehead atoms. The number of imidazole rings is 1. The maximum Gasteiger partial charge on any atom is 0.433 e. The molecule has 4 aromatic heterocycles. The first-order valence-corrected chi connectivity index (χ1v) is 8.92. The Morgan fingerprint density at radius 3 is 2.79 bits per heavy atom. The van der Waals surface area contributed by atoms with E-state index in [1.807, 2.05) is 0 Å². The number of alkyl halides is 3. The Bertz CT molecular complexity index is 1210. The number of hydrogen-bond donors (Lipinski definition) is 2. The van der Waals surface area contributed by atoms with Crippen LogP contribution in [-0.2, 0) is 19.1 Å². The van der Waals surface area contributed by atoms with Crippen LogP contribution in [-0.4, -0.2) is 41.7 Å². The SMILES string of the molecule is Cc1nc(C(F)(F)F)ccc1-c1n[nH]c2c1CN(c1ncnc3nc[nH]c13)CC2. The van der Waals surface area contributed by atoms with Crippen molar-refractivity contribution in [3.63, 3.8) is 0 Å². The molecule has 29 heavy (non-hydrogen) atoms. The molecule has 0 fully saturated rings. The Labute approximate surface area is 162 Å². The number of halogens is 3. The van der Waals surface area contributed by atoms with Crippen LogP contribution < -0.4 is 4.90 Å². The standard InChI is InChI=1S/C18H15F3N8/c1-9-10(2-3-13(26-9)18(19,20)21)14-11-6-29(5-4-12(11)27-28-14)17-15-16(23-7-22-15)24-8-25-17/h2-3,7-8H,4-6H2,1H3,(H,27,28)(H,22,23,24,25). The van der Waals surface area contributed by atoms with Crippen molar-refractivity contribution in [1.29, 1.82) is 0 Å². The van der Waals surface area contributed by atoms with E-state index in [-0.39, 0.29) is 5.69 Å². The largest absolute Gasteiger partial charge is 0.433 e. The van der Waals surface area contributed by atoms with Crippen molar-refractivity contribution in [1.82, 2.24) is 35.1 Å². The first-order chi connectivity index (χ1) is 13.9. The van der Waals surface area contributed by atoms with Gasteiger partial charge in [-0.3, -0.25) is 5.10 Å². The van der Waals surface area contributed by atoms with Crippen LogP contribution in [0.1, 0.15) is 22.6 Å². The maximum atomic E-state index is 12.9. The van der Waals surface area contributed by atoms with E-state index in [1.165, 1.54) is 12.4 Å². The molecule has 2 N–H and O–H groups in total. The van der Waals surface area contributed by atoms with Crippen LogP contribution in [0.4, 0.5) is 19.0 Å². The molecule has 4 aromatic rings. The molecule has 1 aliphatic rings. The van der Waals surface area contributed by atoms with Crippen molar-refractivity contribution in [2.75, 3.05) is 11.4 Å². The third-order valence-corrected chi connectivity index (χ3v) is 5.07. The summed E-state index contributed by atoms with van der Waals surface area (Å²) in [6, 6.07) is 2.42. The van der Waals surface area contributed by atoms with E-state index in [4.69, 9.17) is 0 Å². The van der Waals surface area contributed by atoms with Gasteiger partial charge in [-0.1, -0.05) is 0 Å². The highest BCUT2D eigenvalue weighted by atomic mass is 19.4. The number of aromatic nitrogens is 7. The van der Waals surface area contributed by atoms with Crippen LogP contribution >= 0.6 is 0 Å². The van der Waals surface area contributed by atoms with E-state index in [2.05, 4.69) is 40.0 Å². The third-order valence-electron chi connectivity index (χ3n) is 5.07. The van der Waals surface area contributed by atoms with Gasteiger partial charge in [-0.05, 0) is 19.1 Å². The molecule has 0 aromatic carbocycles. The second-order valence-electron chi connectivity index (χ2n) is 6.83. The fourth-order valence-corrected chi connectivity index (χ4v) is 3.66. The number of rotatable bonds is 2. The van der Waals surface area contributed by atoms with Gasteiger partial charge in [-0.2, -0.15) is 18.3 Å². The van der Waals surface area contributed by atoms with E-state index >= 15 is 0 Å². The number of nitrogens with zero attached hydrogens (tertiary/aromatic N) is 6. The van der Waals surface area contributed by atoms with Gasteiger partial charge in [0.25, 0.3) is 0 Å². The smallest absolute Gasteiger partial charge is 0.350 e. The molecule has 0 amide bonds. The first kappa shape index (κ1) is 17.6. The third kappa shape index (κ3) is 2.89. The summed E-state index contributed by atoms with van der Waals surface area (Å²) in [5, 5.41) is 7.40. The van der Waals surface area contributed by atoms with Gasteiger partial charge in [0.1, 0.15) is 17.5 Å². The molecule has 11 heteroatoms. The molecule has 5 heterocycles. The van der Waals surface area contributed by atoms with E-state index in [0.29, 0.717) is 36.4 Å². The van der Waals surface area contributed by atoms with E-state index < -0.39 is 11.9 Å². The number of aromatic amines is 2. The Morgan fingerprint density at radius 1 is 1.14 bits per heavy atom. The molecule has 1 aliphatic heterocycles. The monoisotopic (exact) mass is 400 g/mol. The van der Waals surface area contributed by atoms with Crippen LogP contribution in [0.15, 0.2) is 24.8 Å². The Morgan fingerprint density at radius 2 is 2.00 bits per heavy atom. The van der Waals surface area contributed by atoms with Crippen LogP contribution in [0.2, 0.25) is 0 Å². The molecule has 0 spiro atoms. The predicted octanol–water partition coefficient (Wildman–Crippen LogP) is 3.03.